The molecule has 0 amide bonds. The molecule has 2 heterocycles. The van der Waals surface area contributed by atoms with Crippen LogP contribution in [0.4, 0.5) is 5.00 Å². The predicted octanol–water partition coefficient (Wildman–Crippen LogP) is 6.82. The third-order valence-electron chi connectivity index (χ3n) is 4.35. The lowest BCUT2D eigenvalue weighted by Crippen LogP contribution is -1.99. The van der Waals surface area contributed by atoms with Crippen LogP contribution >= 0.6 is 34.5 Å². The Morgan fingerprint density at radius 1 is 1.12 bits per heavy atom. The summed E-state index contributed by atoms with van der Waals surface area (Å²) >= 11 is 13.7. The number of rotatable bonds is 3. The Labute approximate surface area is 165 Å². The number of hydrogen-bond donors (Lipinski definition) is 0. The quantitative estimate of drug-likeness (QED) is 0.452. The van der Waals surface area contributed by atoms with Gasteiger partial charge in [-0.2, -0.15) is 5.26 Å². The van der Waals surface area contributed by atoms with Crippen LogP contribution in [0.3, 0.4) is 0 Å². The number of aryl methyl sites for hydroxylation is 1. The van der Waals surface area contributed by atoms with Crippen molar-refractivity contribution in [2.24, 2.45) is 4.99 Å². The highest BCUT2D eigenvalue weighted by atomic mass is 35.5. The third kappa shape index (κ3) is 3.43. The minimum Gasteiger partial charge on any atom is -0.455 e. The Morgan fingerprint density at radius 2 is 1.88 bits per heavy atom. The SMILES string of the molecule is N#Cc1c(N=Cc2ccc(-c3cc(Cl)cc(Cl)c3)o2)sc2c1CCCC2. The van der Waals surface area contributed by atoms with Crippen LogP contribution in [-0.2, 0) is 12.8 Å². The number of nitrogens with zero attached hydrogens (tertiary/aromatic N) is 2. The van der Waals surface area contributed by atoms with Gasteiger partial charge < -0.3 is 4.42 Å². The summed E-state index contributed by atoms with van der Waals surface area (Å²) in [5.41, 5.74) is 2.71. The normalized spacial score (nSPS) is 13.7. The van der Waals surface area contributed by atoms with E-state index in [0.29, 0.717) is 27.1 Å². The number of benzene rings is 1. The molecule has 0 N–H and O–H groups in total. The van der Waals surface area contributed by atoms with E-state index in [9.17, 15) is 5.26 Å². The smallest absolute Gasteiger partial charge is 0.145 e. The van der Waals surface area contributed by atoms with Crippen molar-refractivity contribution in [2.45, 2.75) is 25.7 Å². The molecular formula is C20H14Cl2N2OS. The Balaban J connectivity index is 1.62. The Bertz CT molecular complexity index is 1020. The standard InChI is InChI=1S/C20H14Cl2N2OS/c21-13-7-12(8-14(22)9-13)18-6-5-15(25-18)11-24-20-17(10-23)16-3-1-2-4-19(16)26-20/h5-9,11H,1-4H2. The van der Waals surface area contributed by atoms with E-state index >= 15 is 0 Å². The summed E-state index contributed by atoms with van der Waals surface area (Å²) in [5.74, 6) is 1.29. The summed E-state index contributed by atoms with van der Waals surface area (Å²) in [6, 6.07) is 11.3. The summed E-state index contributed by atoms with van der Waals surface area (Å²) in [4.78, 5) is 5.82. The van der Waals surface area contributed by atoms with E-state index in [-0.39, 0.29) is 0 Å². The van der Waals surface area contributed by atoms with E-state index in [1.165, 1.54) is 16.9 Å². The van der Waals surface area contributed by atoms with E-state index < -0.39 is 0 Å². The van der Waals surface area contributed by atoms with E-state index in [2.05, 4.69) is 11.1 Å². The zero-order chi connectivity index (χ0) is 18.1. The second-order valence-corrected chi connectivity index (χ2v) is 8.08. The van der Waals surface area contributed by atoms with Crippen LogP contribution in [0, 0.1) is 11.3 Å². The summed E-state index contributed by atoms with van der Waals surface area (Å²) in [6.45, 7) is 0. The Kier molecular flexibility index (Phi) is 4.86. The summed E-state index contributed by atoms with van der Waals surface area (Å²) in [6.07, 6.45) is 6.01. The van der Waals surface area contributed by atoms with Crippen molar-refractivity contribution >= 4 is 45.8 Å². The molecule has 0 saturated heterocycles. The van der Waals surface area contributed by atoms with E-state index in [0.717, 1.165) is 29.8 Å². The maximum atomic E-state index is 9.50. The molecule has 1 aromatic carbocycles. The third-order valence-corrected chi connectivity index (χ3v) is 5.98. The number of hydrogen-bond acceptors (Lipinski definition) is 4. The zero-order valence-corrected chi connectivity index (χ0v) is 16.1. The van der Waals surface area contributed by atoms with Crippen LogP contribution in [0.1, 0.15) is 34.6 Å². The van der Waals surface area contributed by atoms with Gasteiger partial charge in [0.25, 0.3) is 0 Å². The molecule has 3 nitrogen and oxygen atoms in total. The largest absolute Gasteiger partial charge is 0.455 e. The molecule has 0 atom stereocenters. The molecule has 3 aromatic rings. The number of nitriles is 1. The molecule has 0 fully saturated rings. The fourth-order valence-corrected chi connectivity index (χ4v) is 4.86. The van der Waals surface area contributed by atoms with Gasteiger partial charge in [0.1, 0.15) is 22.6 Å². The minimum absolute atomic E-state index is 0.557. The van der Waals surface area contributed by atoms with Crippen LogP contribution in [0.5, 0.6) is 0 Å². The van der Waals surface area contributed by atoms with Gasteiger partial charge in [0.2, 0.25) is 0 Å². The van der Waals surface area contributed by atoms with Crippen molar-refractivity contribution in [3.8, 4) is 17.4 Å². The Hall–Kier alpha value is -2.06. The monoisotopic (exact) mass is 400 g/mol. The first kappa shape index (κ1) is 17.4. The number of thiophene rings is 1. The number of aliphatic imine (C=N–C) groups is 1. The lowest BCUT2D eigenvalue weighted by molar-refractivity contribution is 0.575. The van der Waals surface area contributed by atoms with Crippen molar-refractivity contribution < 1.29 is 4.42 Å². The van der Waals surface area contributed by atoms with Crippen LogP contribution in [0.25, 0.3) is 11.3 Å². The molecule has 26 heavy (non-hydrogen) atoms. The summed E-state index contributed by atoms with van der Waals surface area (Å²) in [5, 5.41) is 11.4. The first-order chi connectivity index (χ1) is 12.6. The van der Waals surface area contributed by atoms with Crippen molar-refractivity contribution in [3.63, 3.8) is 0 Å². The van der Waals surface area contributed by atoms with Crippen molar-refractivity contribution in [2.75, 3.05) is 0 Å². The fraction of sp³-hybridized carbons (Fsp3) is 0.200. The number of fused-ring (bicyclic) bond motifs is 1. The maximum Gasteiger partial charge on any atom is 0.145 e. The highest BCUT2D eigenvalue weighted by Crippen LogP contribution is 2.39. The molecule has 0 unspecified atom stereocenters. The molecule has 2 aromatic heterocycles. The Morgan fingerprint density at radius 3 is 2.65 bits per heavy atom. The zero-order valence-electron chi connectivity index (χ0n) is 13.8. The van der Waals surface area contributed by atoms with E-state index in [1.54, 1.807) is 35.8 Å². The highest BCUT2D eigenvalue weighted by molar-refractivity contribution is 7.16. The molecule has 0 radical (unpaired) electrons. The van der Waals surface area contributed by atoms with Crippen LogP contribution in [0.15, 0.2) is 39.7 Å². The minimum atomic E-state index is 0.557. The lowest BCUT2D eigenvalue weighted by Gasteiger charge is -2.09. The number of furan rings is 1. The van der Waals surface area contributed by atoms with Crippen LogP contribution < -0.4 is 0 Å². The molecule has 0 saturated carbocycles. The van der Waals surface area contributed by atoms with E-state index in [1.807, 2.05) is 12.1 Å². The van der Waals surface area contributed by atoms with Gasteiger partial charge in [0.05, 0.1) is 11.8 Å². The average molecular weight is 401 g/mol. The summed E-state index contributed by atoms with van der Waals surface area (Å²) < 4.78 is 5.83. The lowest BCUT2D eigenvalue weighted by atomic mass is 9.96. The first-order valence-corrected chi connectivity index (χ1v) is 9.86. The van der Waals surface area contributed by atoms with Gasteiger partial charge in [-0.25, -0.2) is 4.99 Å². The topological polar surface area (TPSA) is 49.3 Å². The fourth-order valence-electron chi connectivity index (χ4n) is 3.15. The molecule has 1 aliphatic carbocycles. The van der Waals surface area contributed by atoms with E-state index in [4.69, 9.17) is 27.6 Å². The van der Waals surface area contributed by atoms with Crippen molar-refractivity contribution in [1.82, 2.24) is 0 Å². The van der Waals surface area contributed by atoms with Crippen LogP contribution in [-0.4, -0.2) is 6.21 Å². The molecule has 0 spiro atoms. The van der Waals surface area contributed by atoms with Crippen molar-refractivity contribution in [1.29, 1.82) is 5.26 Å². The molecule has 4 rings (SSSR count). The summed E-state index contributed by atoms with van der Waals surface area (Å²) in [7, 11) is 0. The van der Waals surface area contributed by atoms with Crippen LogP contribution in [0.2, 0.25) is 10.0 Å². The van der Waals surface area contributed by atoms with Gasteiger partial charge in [-0.05, 0) is 61.6 Å². The molecule has 6 heteroatoms. The molecular weight excluding hydrogens is 387 g/mol. The number of halogens is 2. The van der Waals surface area contributed by atoms with Gasteiger partial charge in [-0.3, -0.25) is 0 Å². The van der Waals surface area contributed by atoms with Crippen molar-refractivity contribution in [3.05, 3.63) is 62.1 Å². The maximum absolute atomic E-state index is 9.50. The van der Waals surface area contributed by atoms with Gasteiger partial charge in [-0.15, -0.1) is 11.3 Å². The molecule has 130 valence electrons. The first-order valence-electron chi connectivity index (χ1n) is 8.29. The second-order valence-electron chi connectivity index (χ2n) is 6.12. The predicted molar refractivity (Wildman–Crippen MR) is 107 cm³/mol. The second kappa shape index (κ2) is 7.28. The van der Waals surface area contributed by atoms with Gasteiger partial charge >= 0.3 is 0 Å². The van der Waals surface area contributed by atoms with Gasteiger partial charge in [0, 0.05) is 20.5 Å². The average Bonchev–Trinajstić information content (AvgIpc) is 3.23. The highest BCUT2D eigenvalue weighted by Gasteiger charge is 2.20. The van der Waals surface area contributed by atoms with Gasteiger partial charge in [0.15, 0.2) is 0 Å². The molecule has 0 bridgehead atoms. The van der Waals surface area contributed by atoms with Gasteiger partial charge in [-0.1, -0.05) is 23.2 Å². The molecule has 0 aliphatic heterocycles. The molecule has 1 aliphatic rings.